The summed E-state index contributed by atoms with van der Waals surface area (Å²) in [5, 5.41) is 10.7. The number of fused-ring (bicyclic) bond motifs is 1. The topological polar surface area (TPSA) is 76.5 Å². The first kappa shape index (κ1) is 16.6. The number of esters is 1. The summed E-state index contributed by atoms with van der Waals surface area (Å²) in [6, 6.07) is 9.07. The van der Waals surface area contributed by atoms with Crippen molar-refractivity contribution in [3.63, 3.8) is 0 Å². The Morgan fingerprint density at radius 1 is 1.24 bits per heavy atom. The third kappa shape index (κ3) is 3.19. The van der Waals surface area contributed by atoms with E-state index in [0.29, 0.717) is 18.1 Å². The van der Waals surface area contributed by atoms with Crippen molar-refractivity contribution in [2.45, 2.75) is 6.42 Å². The van der Waals surface area contributed by atoms with Gasteiger partial charge in [0.15, 0.2) is 12.0 Å². The number of ether oxygens (including phenoxy) is 1. The molecule has 0 bridgehead atoms. The van der Waals surface area contributed by atoms with E-state index in [-0.39, 0.29) is 28.2 Å². The number of aromatic hydroxyl groups is 1. The molecule has 1 aromatic heterocycles. The van der Waals surface area contributed by atoms with E-state index < -0.39 is 5.97 Å². The summed E-state index contributed by atoms with van der Waals surface area (Å²) in [7, 11) is 1.19. The molecule has 0 amide bonds. The fourth-order valence-electron chi connectivity index (χ4n) is 2.64. The number of aldehydes is 1. The van der Waals surface area contributed by atoms with Crippen LogP contribution in [0.15, 0.2) is 42.6 Å². The predicted octanol–water partition coefficient (Wildman–Crippen LogP) is 3.27. The van der Waals surface area contributed by atoms with Crippen molar-refractivity contribution in [3.8, 4) is 5.75 Å². The van der Waals surface area contributed by atoms with Gasteiger partial charge >= 0.3 is 5.97 Å². The number of hydrogen-bond donors (Lipinski definition) is 1. The Kier molecular flexibility index (Phi) is 4.43. The second-order valence-electron chi connectivity index (χ2n) is 5.51. The van der Waals surface area contributed by atoms with Gasteiger partial charge in [0, 0.05) is 17.1 Å². The number of aromatic nitrogens is 1. The number of benzene rings is 2. The highest BCUT2D eigenvalue weighted by Crippen LogP contribution is 2.31. The molecular weight excluding hydrogens is 325 g/mol. The molecule has 0 saturated carbocycles. The molecule has 2 aromatic carbocycles. The maximum absolute atomic E-state index is 13.0. The number of pyridine rings is 1. The van der Waals surface area contributed by atoms with Crippen LogP contribution in [0.2, 0.25) is 0 Å². The van der Waals surface area contributed by atoms with Gasteiger partial charge in [0.1, 0.15) is 16.9 Å². The number of methoxy groups -OCH3 is 1. The number of carbonyl (C=O) groups is 2. The summed E-state index contributed by atoms with van der Waals surface area (Å²) in [6.07, 6.45) is 2.62. The van der Waals surface area contributed by atoms with E-state index in [9.17, 15) is 19.1 Å². The average molecular weight is 339 g/mol. The van der Waals surface area contributed by atoms with Gasteiger partial charge in [0.25, 0.3) is 0 Å². The minimum atomic E-state index is -0.750. The molecule has 1 heterocycles. The lowest BCUT2D eigenvalue weighted by atomic mass is 10.00. The Labute approximate surface area is 142 Å². The van der Waals surface area contributed by atoms with Gasteiger partial charge in [0.2, 0.25) is 0 Å². The highest BCUT2D eigenvalue weighted by atomic mass is 19.1. The second-order valence-corrected chi connectivity index (χ2v) is 5.51. The van der Waals surface area contributed by atoms with Crippen molar-refractivity contribution in [2.24, 2.45) is 0 Å². The van der Waals surface area contributed by atoms with Crippen molar-refractivity contribution in [3.05, 3.63) is 70.7 Å². The lowest BCUT2D eigenvalue weighted by Gasteiger charge is -2.10. The van der Waals surface area contributed by atoms with Crippen LogP contribution < -0.4 is 0 Å². The molecule has 0 unspecified atom stereocenters. The molecule has 3 aromatic rings. The highest BCUT2D eigenvalue weighted by molar-refractivity contribution is 6.06. The highest BCUT2D eigenvalue weighted by Gasteiger charge is 2.18. The first-order chi connectivity index (χ1) is 12.0. The number of nitrogens with zero attached hydrogens (tertiary/aromatic N) is 1. The van der Waals surface area contributed by atoms with Gasteiger partial charge < -0.3 is 9.84 Å². The van der Waals surface area contributed by atoms with E-state index in [2.05, 4.69) is 9.72 Å². The Hall–Kier alpha value is -3.28. The largest absolute Gasteiger partial charge is 0.505 e. The van der Waals surface area contributed by atoms with Gasteiger partial charge in [-0.15, -0.1) is 0 Å². The molecule has 0 atom stereocenters. The second kappa shape index (κ2) is 6.68. The number of phenols is 1. The number of rotatable bonds is 4. The van der Waals surface area contributed by atoms with Gasteiger partial charge in [-0.1, -0.05) is 12.1 Å². The van der Waals surface area contributed by atoms with Crippen LogP contribution in [0, 0.1) is 5.82 Å². The zero-order valence-corrected chi connectivity index (χ0v) is 13.3. The minimum Gasteiger partial charge on any atom is -0.505 e. The van der Waals surface area contributed by atoms with Gasteiger partial charge in [-0.25, -0.2) is 9.18 Å². The summed E-state index contributed by atoms with van der Waals surface area (Å²) in [6.45, 7) is 0. The molecule has 5 nitrogen and oxygen atoms in total. The maximum atomic E-state index is 13.0. The molecule has 0 saturated heterocycles. The zero-order valence-electron chi connectivity index (χ0n) is 13.3. The van der Waals surface area contributed by atoms with Gasteiger partial charge in [-0.3, -0.25) is 9.78 Å². The summed E-state index contributed by atoms with van der Waals surface area (Å²) in [4.78, 5) is 27.3. The molecular formula is C19H14FNO4. The van der Waals surface area contributed by atoms with E-state index in [4.69, 9.17) is 0 Å². The first-order valence-electron chi connectivity index (χ1n) is 7.46. The summed E-state index contributed by atoms with van der Waals surface area (Å²) in [5.74, 6) is -1.40. The van der Waals surface area contributed by atoms with Crippen molar-refractivity contribution in [2.75, 3.05) is 7.11 Å². The van der Waals surface area contributed by atoms with Crippen LogP contribution in [0.5, 0.6) is 5.75 Å². The summed E-state index contributed by atoms with van der Waals surface area (Å²) >= 11 is 0. The zero-order chi connectivity index (χ0) is 18.0. The monoisotopic (exact) mass is 339 g/mol. The van der Waals surface area contributed by atoms with E-state index >= 15 is 0 Å². The SMILES string of the molecule is COC(=O)c1cc(C=O)c2cc(Cc3ccc(F)cc3)cnc2c1O. The fourth-order valence-corrected chi connectivity index (χ4v) is 2.64. The quantitative estimate of drug-likeness (QED) is 0.583. The Morgan fingerprint density at radius 2 is 1.96 bits per heavy atom. The maximum Gasteiger partial charge on any atom is 0.341 e. The van der Waals surface area contributed by atoms with Crippen LogP contribution in [0.4, 0.5) is 4.39 Å². The molecule has 0 aliphatic heterocycles. The Morgan fingerprint density at radius 3 is 2.60 bits per heavy atom. The fraction of sp³-hybridized carbons (Fsp3) is 0.105. The van der Waals surface area contributed by atoms with Crippen LogP contribution in [-0.4, -0.2) is 29.5 Å². The van der Waals surface area contributed by atoms with Gasteiger partial charge in [-0.2, -0.15) is 0 Å². The molecule has 0 aliphatic rings. The lowest BCUT2D eigenvalue weighted by Crippen LogP contribution is -2.04. The molecule has 126 valence electrons. The number of carbonyl (C=O) groups excluding carboxylic acids is 2. The predicted molar refractivity (Wildman–Crippen MR) is 89.3 cm³/mol. The molecule has 3 rings (SSSR count). The first-order valence-corrected chi connectivity index (χ1v) is 7.46. The number of halogens is 1. The van der Waals surface area contributed by atoms with Crippen LogP contribution in [-0.2, 0) is 11.2 Å². The normalized spacial score (nSPS) is 10.6. The molecule has 0 fully saturated rings. The average Bonchev–Trinajstić information content (AvgIpc) is 2.63. The van der Waals surface area contributed by atoms with Crippen LogP contribution in [0.3, 0.4) is 0 Å². The van der Waals surface area contributed by atoms with Crippen LogP contribution >= 0.6 is 0 Å². The number of phenolic OH excluding ortho intramolecular Hbond substituents is 1. The Balaban J connectivity index is 2.09. The molecule has 1 N–H and O–H groups in total. The molecule has 0 radical (unpaired) electrons. The van der Waals surface area contributed by atoms with Crippen molar-refractivity contribution in [1.82, 2.24) is 4.98 Å². The van der Waals surface area contributed by atoms with Crippen LogP contribution in [0.25, 0.3) is 10.9 Å². The molecule has 25 heavy (non-hydrogen) atoms. The number of hydrogen-bond acceptors (Lipinski definition) is 5. The molecule has 0 aliphatic carbocycles. The van der Waals surface area contributed by atoms with Gasteiger partial charge in [-0.05, 0) is 41.8 Å². The standard InChI is InChI=1S/C19H14FNO4/c1-25-19(24)16-8-13(10-22)15-7-12(9-21-17(15)18(16)23)6-11-2-4-14(20)5-3-11/h2-5,7-10,23H,6H2,1H3. The van der Waals surface area contributed by atoms with E-state index in [1.54, 1.807) is 24.4 Å². The van der Waals surface area contributed by atoms with E-state index in [1.165, 1.54) is 25.3 Å². The van der Waals surface area contributed by atoms with E-state index in [1.807, 2.05) is 0 Å². The Bertz CT molecular complexity index is 967. The van der Waals surface area contributed by atoms with Crippen LogP contribution in [0.1, 0.15) is 31.8 Å². The minimum absolute atomic E-state index is 0.115. The van der Waals surface area contributed by atoms with Crippen molar-refractivity contribution >= 4 is 23.2 Å². The summed E-state index contributed by atoms with van der Waals surface area (Å²) in [5.41, 5.74) is 1.92. The lowest BCUT2D eigenvalue weighted by molar-refractivity contribution is 0.0597. The van der Waals surface area contributed by atoms with Crippen molar-refractivity contribution in [1.29, 1.82) is 0 Å². The smallest absolute Gasteiger partial charge is 0.341 e. The third-order valence-corrected chi connectivity index (χ3v) is 3.89. The molecule has 6 heteroatoms. The van der Waals surface area contributed by atoms with Gasteiger partial charge in [0.05, 0.1) is 7.11 Å². The van der Waals surface area contributed by atoms with Crippen molar-refractivity contribution < 1.29 is 23.8 Å². The molecule has 0 spiro atoms. The van der Waals surface area contributed by atoms with E-state index in [0.717, 1.165) is 11.1 Å². The summed E-state index contributed by atoms with van der Waals surface area (Å²) < 4.78 is 17.6. The third-order valence-electron chi connectivity index (χ3n) is 3.89.